The predicted molar refractivity (Wildman–Crippen MR) is 61.0 cm³/mol. The highest BCUT2D eigenvalue weighted by molar-refractivity contribution is 7.13. The van der Waals surface area contributed by atoms with Crippen LogP contribution in [0.4, 0.5) is 5.13 Å². The molecule has 4 heteroatoms. The molecule has 0 amide bonds. The molecule has 1 aliphatic rings. The summed E-state index contributed by atoms with van der Waals surface area (Å²) in [6, 6.07) is 0.593. The molecule has 0 radical (unpaired) electrons. The van der Waals surface area contributed by atoms with Crippen molar-refractivity contribution in [1.82, 2.24) is 9.88 Å². The molecular formula is C10H17N3S. The Morgan fingerprint density at radius 1 is 1.71 bits per heavy atom. The third-order valence-electron chi connectivity index (χ3n) is 2.63. The number of hydrogen-bond acceptors (Lipinski definition) is 4. The van der Waals surface area contributed by atoms with E-state index in [-0.39, 0.29) is 0 Å². The van der Waals surface area contributed by atoms with Gasteiger partial charge in [-0.1, -0.05) is 6.92 Å². The fourth-order valence-corrected chi connectivity index (χ4v) is 2.63. The summed E-state index contributed by atoms with van der Waals surface area (Å²) >= 11 is 1.72. The SMILES string of the molecule is CCc1csc(NC2CCN(C)C2)n1. The summed E-state index contributed by atoms with van der Waals surface area (Å²) in [6.45, 7) is 4.48. The normalized spacial score (nSPS) is 22.9. The number of likely N-dealkylation sites (N-methyl/N-ethyl adjacent to an activating group) is 1. The van der Waals surface area contributed by atoms with Crippen molar-refractivity contribution in [3.63, 3.8) is 0 Å². The maximum absolute atomic E-state index is 4.51. The Bertz CT molecular complexity index is 297. The second-order valence-corrected chi connectivity index (χ2v) is 4.75. The molecule has 1 aliphatic heterocycles. The zero-order valence-electron chi connectivity index (χ0n) is 8.79. The zero-order valence-corrected chi connectivity index (χ0v) is 9.60. The van der Waals surface area contributed by atoms with E-state index in [4.69, 9.17) is 0 Å². The molecule has 1 fully saturated rings. The van der Waals surface area contributed by atoms with Gasteiger partial charge >= 0.3 is 0 Å². The second kappa shape index (κ2) is 4.28. The van der Waals surface area contributed by atoms with Crippen LogP contribution in [0.3, 0.4) is 0 Å². The highest BCUT2D eigenvalue weighted by atomic mass is 32.1. The second-order valence-electron chi connectivity index (χ2n) is 3.89. The molecule has 0 bridgehead atoms. The van der Waals surface area contributed by atoms with Crippen LogP contribution in [0, 0.1) is 0 Å². The van der Waals surface area contributed by atoms with Crippen molar-refractivity contribution < 1.29 is 0 Å². The number of rotatable bonds is 3. The summed E-state index contributed by atoms with van der Waals surface area (Å²) in [5, 5.41) is 6.72. The first-order valence-corrected chi connectivity index (χ1v) is 6.05. The lowest BCUT2D eigenvalue weighted by Crippen LogP contribution is -2.23. The van der Waals surface area contributed by atoms with Crippen molar-refractivity contribution in [3.05, 3.63) is 11.1 Å². The Kier molecular flexibility index (Phi) is 3.03. The Morgan fingerprint density at radius 3 is 3.14 bits per heavy atom. The first-order chi connectivity index (χ1) is 6.78. The summed E-state index contributed by atoms with van der Waals surface area (Å²) in [7, 11) is 2.17. The Morgan fingerprint density at radius 2 is 2.57 bits per heavy atom. The number of hydrogen-bond donors (Lipinski definition) is 1. The number of aryl methyl sites for hydroxylation is 1. The van der Waals surface area contributed by atoms with Crippen LogP contribution in [0.1, 0.15) is 19.0 Å². The van der Waals surface area contributed by atoms with E-state index in [0.29, 0.717) is 6.04 Å². The molecule has 1 aromatic rings. The van der Waals surface area contributed by atoms with Crippen LogP contribution in [0.2, 0.25) is 0 Å². The van der Waals surface area contributed by atoms with Gasteiger partial charge in [0.1, 0.15) is 0 Å². The van der Waals surface area contributed by atoms with Gasteiger partial charge in [-0.2, -0.15) is 0 Å². The maximum atomic E-state index is 4.51. The Hall–Kier alpha value is -0.610. The van der Waals surface area contributed by atoms with Crippen molar-refractivity contribution in [2.45, 2.75) is 25.8 Å². The minimum Gasteiger partial charge on any atom is -0.357 e. The highest BCUT2D eigenvalue weighted by Gasteiger charge is 2.19. The minimum absolute atomic E-state index is 0.593. The first kappa shape index (κ1) is 9.93. The average molecular weight is 211 g/mol. The number of nitrogens with zero attached hydrogens (tertiary/aromatic N) is 2. The third kappa shape index (κ3) is 2.25. The van der Waals surface area contributed by atoms with Crippen molar-refractivity contribution in [1.29, 1.82) is 0 Å². The number of aromatic nitrogens is 1. The van der Waals surface area contributed by atoms with Gasteiger partial charge in [0.15, 0.2) is 5.13 Å². The lowest BCUT2D eigenvalue weighted by atomic mass is 10.3. The van der Waals surface area contributed by atoms with E-state index < -0.39 is 0 Å². The van der Waals surface area contributed by atoms with Gasteiger partial charge in [-0.15, -0.1) is 11.3 Å². The lowest BCUT2D eigenvalue weighted by molar-refractivity contribution is 0.414. The van der Waals surface area contributed by atoms with E-state index in [1.807, 2.05) is 0 Å². The molecule has 2 heterocycles. The van der Waals surface area contributed by atoms with E-state index >= 15 is 0 Å². The van der Waals surface area contributed by atoms with E-state index in [0.717, 1.165) is 18.1 Å². The van der Waals surface area contributed by atoms with E-state index in [1.54, 1.807) is 11.3 Å². The first-order valence-electron chi connectivity index (χ1n) is 5.17. The molecule has 0 aliphatic carbocycles. The Balaban J connectivity index is 1.90. The molecular weight excluding hydrogens is 194 g/mol. The number of thiazole rings is 1. The molecule has 2 rings (SSSR count). The summed E-state index contributed by atoms with van der Waals surface area (Å²) in [6.07, 6.45) is 2.26. The van der Waals surface area contributed by atoms with Gasteiger partial charge < -0.3 is 10.2 Å². The van der Waals surface area contributed by atoms with Gasteiger partial charge in [-0.3, -0.25) is 0 Å². The van der Waals surface area contributed by atoms with E-state index in [2.05, 4.69) is 34.6 Å². The smallest absolute Gasteiger partial charge is 0.183 e. The van der Waals surface area contributed by atoms with Crippen molar-refractivity contribution in [2.75, 3.05) is 25.5 Å². The zero-order chi connectivity index (χ0) is 9.97. The van der Waals surface area contributed by atoms with Crippen LogP contribution in [-0.2, 0) is 6.42 Å². The summed E-state index contributed by atoms with van der Waals surface area (Å²) in [4.78, 5) is 6.86. The van der Waals surface area contributed by atoms with Gasteiger partial charge in [0.2, 0.25) is 0 Å². The standard InChI is InChI=1S/C10H17N3S/c1-3-8-7-14-10(11-8)12-9-4-5-13(2)6-9/h7,9H,3-6H2,1-2H3,(H,11,12). The molecule has 0 aromatic carbocycles. The van der Waals surface area contributed by atoms with Crippen LogP contribution in [0.5, 0.6) is 0 Å². The number of nitrogens with one attached hydrogen (secondary N) is 1. The molecule has 3 nitrogen and oxygen atoms in total. The number of likely N-dealkylation sites (tertiary alicyclic amines) is 1. The fourth-order valence-electron chi connectivity index (χ4n) is 1.76. The monoisotopic (exact) mass is 211 g/mol. The maximum Gasteiger partial charge on any atom is 0.183 e. The van der Waals surface area contributed by atoms with Crippen LogP contribution >= 0.6 is 11.3 Å². The summed E-state index contributed by atoms with van der Waals surface area (Å²) < 4.78 is 0. The average Bonchev–Trinajstić information content (AvgIpc) is 2.76. The van der Waals surface area contributed by atoms with Crippen molar-refractivity contribution in [3.8, 4) is 0 Å². The highest BCUT2D eigenvalue weighted by Crippen LogP contribution is 2.19. The lowest BCUT2D eigenvalue weighted by Gasteiger charge is -2.11. The van der Waals surface area contributed by atoms with E-state index in [9.17, 15) is 0 Å². The number of anilines is 1. The van der Waals surface area contributed by atoms with Gasteiger partial charge in [0.05, 0.1) is 5.69 Å². The third-order valence-corrected chi connectivity index (χ3v) is 3.46. The molecule has 1 N–H and O–H groups in total. The van der Waals surface area contributed by atoms with Crippen LogP contribution in [0.15, 0.2) is 5.38 Å². The quantitative estimate of drug-likeness (QED) is 0.826. The van der Waals surface area contributed by atoms with Crippen LogP contribution in [-0.4, -0.2) is 36.1 Å². The van der Waals surface area contributed by atoms with Gasteiger partial charge in [-0.25, -0.2) is 4.98 Å². The topological polar surface area (TPSA) is 28.2 Å². The minimum atomic E-state index is 0.593. The Labute approximate surface area is 89.1 Å². The summed E-state index contributed by atoms with van der Waals surface area (Å²) in [5.41, 5.74) is 1.20. The van der Waals surface area contributed by atoms with Gasteiger partial charge in [0.25, 0.3) is 0 Å². The van der Waals surface area contributed by atoms with Gasteiger partial charge in [-0.05, 0) is 26.4 Å². The molecule has 1 unspecified atom stereocenters. The molecule has 1 saturated heterocycles. The van der Waals surface area contributed by atoms with Crippen molar-refractivity contribution >= 4 is 16.5 Å². The molecule has 1 atom stereocenters. The largest absolute Gasteiger partial charge is 0.357 e. The molecule has 1 aromatic heterocycles. The van der Waals surface area contributed by atoms with Gasteiger partial charge in [0, 0.05) is 18.0 Å². The molecule has 14 heavy (non-hydrogen) atoms. The molecule has 0 spiro atoms. The van der Waals surface area contributed by atoms with Crippen molar-refractivity contribution in [2.24, 2.45) is 0 Å². The molecule has 78 valence electrons. The van der Waals surface area contributed by atoms with E-state index in [1.165, 1.54) is 18.7 Å². The summed E-state index contributed by atoms with van der Waals surface area (Å²) in [5.74, 6) is 0. The predicted octanol–water partition coefficient (Wildman–Crippen LogP) is 1.82. The fraction of sp³-hybridized carbons (Fsp3) is 0.700. The van der Waals surface area contributed by atoms with Crippen LogP contribution < -0.4 is 5.32 Å². The molecule has 0 saturated carbocycles. The van der Waals surface area contributed by atoms with Crippen LogP contribution in [0.25, 0.3) is 0 Å².